The normalized spacial score (nSPS) is 10.1. The molecule has 132 valence electrons. The molecule has 1 N–H and O–H groups in total. The first-order valence-corrected chi connectivity index (χ1v) is 9.15. The molecule has 0 bridgehead atoms. The zero-order valence-corrected chi connectivity index (χ0v) is 17.2. The Bertz CT molecular complexity index is 608. The van der Waals surface area contributed by atoms with E-state index in [2.05, 4.69) is 64.3 Å². The second kappa shape index (κ2) is 11.6. The fourth-order valence-electron chi connectivity index (χ4n) is 2.38. The maximum absolute atomic E-state index is 5.73. The largest absolute Gasteiger partial charge is 0.490 e. The van der Waals surface area contributed by atoms with E-state index in [1.807, 2.05) is 19.9 Å². The summed E-state index contributed by atoms with van der Waals surface area (Å²) in [5.74, 6) is 1.68. The van der Waals surface area contributed by atoms with Gasteiger partial charge in [0.15, 0.2) is 11.5 Å². The molecule has 0 unspecified atom stereocenters. The molecule has 0 aliphatic heterocycles. The second-order valence-corrected chi connectivity index (χ2v) is 6.35. The van der Waals surface area contributed by atoms with Gasteiger partial charge < -0.3 is 14.8 Å². The molecule has 0 saturated carbocycles. The Balaban J connectivity index is 0.00000288. The van der Waals surface area contributed by atoms with Crippen molar-refractivity contribution in [2.75, 3.05) is 19.8 Å². The van der Waals surface area contributed by atoms with Gasteiger partial charge in [0.2, 0.25) is 0 Å². The van der Waals surface area contributed by atoms with Crippen molar-refractivity contribution in [3.8, 4) is 11.5 Å². The highest BCUT2D eigenvalue weighted by molar-refractivity contribution is 14.1. The first kappa shape index (κ1) is 21.1. The lowest BCUT2D eigenvalue weighted by Gasteiger charge is -2.15. The van der Waals surface area contributed by atoms with Gasteiger partial charge in [0.25, 0.3) is 0 Å². The molecule has 0 spiro atoms. The van der Waals surface area contributed by atoms with E-state index in [1.54, 1.807) is 0 Å². The SMILES string of the molecule is CCOc1cc(CNCCc2ccccc2)cc(I)c1OCC.Cl. The maximum atomic E-state index is 5.73. The number of rotatable bonds is 9. The van der Waals surface area contributed by atoms with Gasteiger partial charge in [-0.1, -0.05) is 30.3 Å². The lowest BCUT2D eigenvalue weighted by molar-refractivity contribution is 0.285. The van der Waals surface area contributed by atoms with Crippen molar-refractivity contribution in [1.29, 1.82) is 0 Å². The Kier molecular flexibility index (Phi) is 10.1. The highest BCUT2D eigenvalue weighted by Gasteiger charge is 2.11. The van der Waals surface area contributed by atoms with Crippen molar-refractivity contribution in [3.05, 3.63) is 57.2 Å². The van der Waals surface area contributed by atoms with Gasteiger partial charge in [0.1, 0.15) is 0 Å². The summed E-state index contributed by atoms with van der Waals surface area (Å²) in [5.41, 5.74) is 2.57. The van der Waals surface area contributed by atoms with Gasteiger partial charge in [-0.2, -0.15) is 0 Å². The molecule has 0 atom stereocenters. The summed E-state index contributed by atoms with van der Waals surface area (Å²) in [7, 11) is 0. The lowest BCUT2D eigenvalue weighted by atomic mass is 10.1. The maximum Gasteiger partial charge on any atom is 0.174 e. The molecule has 2 aromatic carbocycles. The van der Waals surface area contributed by atoms with Gasteiger partial charge in [-0.15, -0.1) is 12.4 Å². The number of halogens is 2. The molecule has 2 rings (SSSR count). The molecule has 0 aliphatic rings. The molecule has 2 aromatic rings. The molecule has 0 saturated heterocycles. The van der Waals surface area contributed by atoms with Gasteiger partial charge in [0, 0.05) is 6.54 Å². The molecular formula is C19H25ClINO2. The van der Waals surface area contributed by atoms with E-state index in [9.17, 15) is 0 Å². The van der Waals surface area contributed by atoms with Crippen molar-refractivity contribution in [2.45, 2.75) is 26.8 Å². The molecule has 0 radical (unpaired) electrons. The van der Waals surface area contributed by atoms with Gasteiger partial charge >= 0.3 is 0 Å². The predicted molar refractivity (Wildman–Crippen MR) is 111 cm³/mol. The fraction of sp³-hybridized carbons (Fsp3) is 0.368. The van der Waals surface area contributed by atoms with E-state index in [4.69, 9.17) is 9.47 Å². The van der Waals surface area contributed by atoms with Crippen LogP contribution in [0.25, 0.3) is 0 Å². The third kappa shape index (κ3) is 6.49. The van der Waals surface area contributed by atoms with Crippen LogP contribution >= 0.6 is 35.0 Å². The topological polar surface area (TPSA) is 30.5 Å². The van der Waals surface area contributed by atoms with Crippen molar-refractivity contribution in [1.82, 2.24) is 5.32 Å². The number of hydrogen-bond donors (Lipinski definition) is 1. The minimum Gasteiger partial charge on any atom is -0.490 e. The third-order valence-electron chi connectivity index (χ3n) is 3.42. The average molecular weight is 462 g/mol. The molecule has 5 heteroatoms. The van der Waals surface area contributed by atoms with Gasteiger partial charge in [-0.25, -0.2) is 0 Å². The Labute approximate surface area is 164 Å². The molecule has 24 heavy (non-hydrogen) atoms. The minimum atomic E-state index is 0. The van der Waals surface area contributed by atoms with E-state index >= 15 is 0 Å². The molecule has 0 heterocycles. The molecular weight excluding hydrogens is 437 g/mol. The molecule has 0 amide bonds. The zero-order chi connectivity index (χ0) is 16.5. The third-order valence-corrected chi connectivity index (χ3v) is 4.22. The van der Waals surface area contributed by atoms with Crippen LogP contribution in [0, 0.1) is 3.57 Å². The van der Waals surface area contributed by atoms with Crippen LogP contribution in [-0.2, 0) is 13.0 Å². The van der Waals surface area contributed by atoms with Gasteiger partial charge in [0.05, 0.1) is 16.8 Å². The van der Waals surface area contributed by atoms with Crippen LogP contribution < -0.4 is 14.8 Å². The van der Waals surface area contributed by atoms with E-state index in [-0.39, 0.29) is 12.4 Å². The summed E-state index contributed by atoms with van der Waals surface area (Å²) < 4.78 is 12.5. The summed E-state index contributed by atoms with van der Waals surface area (Å²) in [5, 5.41) is 3.50. The summed E-state index contributed by atoms with van der Waals surface area (Å²) in [6, 6.07) is 14.8. The summed E-state index contributed by atoms with van der Waals surface area (Å²) >= 11 is 2.31. The number of nitrogens with one attached hydrogen (secondary N) is 1. The van der Waals surface area contributed by atoms with Crippen LogP contribution in [0.5, 0.6) is 11.5 Å². The second-order valence-electron chi connectivity index (χ2n) is 5.18. The Morgan fingerprint density at radius 3 is 2.33 bits per heavy atom. The van der Waals surface area contributed by atoms with Crippen LogP contribution in [0.1, 0.15) is 25.0 Å². The van der Waals surface area contributed by atoms with Crippen LogP contribution in [0.15, 0.2) is 42.5 Å². The predicted octanol–water partition coefficient (Wildman–Crippen LogP) is 4.84. The van der Waals surface area contributed by atoms with E-state index < -0.39 is 0 Å². The van der Waals surface area contributed by atoms with E-state index in [0.717, 1.165) is 34.6 Å². The average Bonchev–Trinajstić information content (AvgIpc) is 2.56. The lowest BCUT2D eigenvalue weighted by Crippen LogP contribution is -2.17. The monoisotopic (exact) mass is 461 g/mol. The standard InChI is InChI=1S/C19H24INO2.ClH/c1-3-22-18-13-16(12-17(20)19(18)23-4-2)14-21-11-10-15-8-6-5-7-9-15;/h5-9,12-13,21H,3-4,10-11,14H2,1-2H3;1H. The van der Waals surface area contributed by atoms with Crippen LogP contribution in [0.3, 0.4) is 0 Å². The Hall–Kier alpha value is -0.980. The van der Waals surface area contributed by atoms with Gasteiger partial charge in [-0.05, 0) is 72.7 Å². The van der Waals surface area contributed by atoms with Crippen molar-refractivity contribution < 1.29 is 9.47 Å². The summed E-state index contributed by atoms with van der Waals surface area (Å²) in [4.78, 5) is 0. The number of hydrogen-bond acceptors (Lipinski definition) is 3. The van der Waals surface area contributed by atoms with E-state index in [1.165, 1.54) is 11.1 Å². The zero-order valence-electron chi connectivity index (χ0n) is 14.2. The first-order valence-electron chi connectivity index (χ1n) is 8.07. The van der Waals surface area contributed by atoms with Crippen molar-refractivity contribution in [2.24, 2.45) is 0 Å². The highest BCUT2D eigenvalue weighted by Crippen LogP contribution is 2.34. The number of benzene rings is 2. The van der Waals surface area contributed by atoms with Crippen LogP contribution in [0.4, 0.5) is 0 Å². The Morgan fingerprint density at radius 2 is 1.67 bits per heavy atom. The van der Waals surface area contributed by atoms with Crippen molar-refractivity contribution >= 4 is 35.0 Å². The smallest absolute Gasteiger partial charge is 0.174 e. The van der Waals surface area contributed by atoms with Crippen molar-refractivity contribution in [3.63, 3.8) is 0 Å². The van der Waals surface area contributed by atoms with Crippen LogP contribution in [-0.4, -0.2) is 19.8 Å². The molecule has 3 nitrogen and oxygen atoms in total. The van der Waals surface area contributed by atoms with E-state index in [0.29, 0.717) is 13.2 Å². The quantitative estimate of drug-likeness (QED) is 0.428. The number of ether oxygens (including phenoxy) is 2. The van der Waals surface area contributed by atoms with Gasteiger partial charge in [-0.3, -0.25) is 0 Å². The molecule has 0 aromatic heterocycles. The first-order chi connectivity index (χ1) is 11.2. The fourth-order valence-corrected chi connectivity index (χ4v) is 3.20. The Morgan fingerprint density at radius 1 is 0.958 bits per heavy atom. The van der Waals surface area contributed by atoms with Crippen LogP contribution in [0.2, 0.25) is 0 Å². The summed E-state index contributed by atoms with van der Waals surface area (Å²) in [6.45, 7) is 7.05. The minimum absolute atomic E-state index is 0. The molecule has 0 aliphatic carbocycles. The summed E-state index contributed by atoms with van der Waals surface area (Å²) in [6.07, 6.45) is 1.03. The molecule has 0 fully saturated rings. The highest BCUT2D eigenvalue weighted by atomic mass is 127.